The average molecular weight is 351 g/mol. The molecule has 1 aliphatic rings. The third-order valence-electron chi connectivity index (χ3n) is 4.74. The highest BCUT2D eigenvalue weighted by Gasteiger charge is 2.23. The number of halogens is 4. The lowest BCUT2D eigenvalue weighted by Gasteiger charge is -2.14. The van der Waals surface area contributed by atoms with Crippen LogP contribution in [0.1, 0.15) is 36.8 Å². The molecule has 0 amide bonds. The van der Waals surface area contributed by atoms with E-state index in [1.54, 1.807) is 0 Å². The molecule has 0 unspecified atom stereocenters. The molecule has 0 bridgehead atoms. The first-order valence-electron chi connectivity index (χ1n) is 8.64. The molecule has 0 aliphatic carbocycles. The monoisotopic (exact) mass is 351 g/mol. The molecular formula is C20H21F4N. The van der Waals surface area contributed by atoms with Crippen molar-refractivity contribution in [2.75, 3.05) is 0 Å². The van der Waals surface area contributed by atoms with Crippen LogP contribution < -0.4 is 5.32 Å². The second kappa shape index (κ2) is 8.00. The Morgan fingerprint density at radius 3 is 1.36 bits per heavy atom. The van der Waals surface area contributed by atoms with E-state index >= 15 is 0 Å². The molecule has 0 spiro atoms. The molecule has 134 valence electrons. The van der Waals surface area contributed by atoms with Gasteiger partial charge in [0.1, 0.15) is 23.3 Å². The van der Waals surface area contributed by atoms with Crippen molar-refractivity contribution in [2.24, 2.45) is 0 Å². The second-order valence-corrected chi connectivity index (χ2v) is 6.77. The Kier molecular flexibility index (Phi) is 5.74. The van der Waals surface area contributed by atoms with Gasteiger partial charge in [-0.05, 0) is 73.9 Å². The van der Waals surface area contributed by atoms with E-state index in [0.717, 1.165) is 37.8 Å². The Balaban J connectivity index is 1.45. The number of nitrogens with one attached hydrogen (secondary N) is 1. The van der Waals surface area contributed by atoms with Crippen molar-refractivity contribution in [3.05, 3.63) is 70.8 Å². The topological polar surface area (TPSA) is 12.0 Å². The van der Waals surface area contributed by atoms with Crippen LogP contribution in [0.2, 0.25) is 0 Å². The normalized spacial score (nSPS) is 20.2. The van der Waals surface area contributed by atoms with Crippen molar-refractivity contribution in [2.45, 2.75) is 50.6 Å². The molecule has 2 aromatic rings. The summed E-state index contributed by atoms with van der Waals surface area (Å²) in [5.41, 5.74) is 1.33. The zero-order valence-electron chi connectivity index (χ0n) is 13.9. The van der Waals surface area contributed by atoms with Gasteiger partial charge in [0.2, 0.25) is 0 Å². The average Bonchev–Trinajstić information content (AvgIpc) is 2.97. The van der Waals surface area contributed by atoms with Gasteiger partial charge in [-0.15, -0.1) is 0 Å². The van der Waals surface area contributed by atoms with Crippen molar-refractivity contribution in [1.29, 1.82) is 0 Å². The van der Waals surface area contributed by atoms with Crippen LogP contribution >= 0.6 is 0 Å². The van der Waals surface area contributed by atoms with Gasteiger partial charge in [0.15, 0.2) is 0 Å². The van der Waals surface area contributed by atoms with E-state index in [0.29, 0.717) is 36.1 Å². The third kappa shape index (κ3) is 5.30. The predicted octanol–water partition coefficient (Wildman–Crippen LogP) is 4.93. The van der Waals surface area contributed by atoms with E-state index in [-0.39, 0.29) is 0 Å². The van der Waals surface area contributed by atoms with Crippen LogP contribution in [-0.4, -0.2) is 12.1 Å². The molecule has 1 nitrogen and oxygen atoms in total. The van der Waals surface area contributed by atoms with Crippen LogP contribution in [-0.2, 0) is 12.8 Å². The maximum absolute atomic E-state index is 13.2. The van der Waals surface area contributed by atoms with E-state index in [1.807, 2.05) is 0 Å². The summed E-state index contributed by atoms with van der Waals surface area (Å²) in [7, 11) is 0. The van der Waals surface area contributed by atoms with Crippen LogP contribution in [0, 0.1) is 23.3 Å². The molecule has 1 heterocycles. The first-order valence-corrected chi connectivity index (χ1v) is 8.64. The standard InChI is InChI=1S/C20H21F4N/c21-15-7-13(8-16(22)11-15)1-3-19-5-6-20(25-19)4-2-14-9-17(23)12-18(24)10-14/h7-12,19-20,25H,1-6H2/t19-,20+. The Hall–Kier alpha value is -1.88. The third-order valence-corrected chi connectivity index (χ3v) is 4.74. The first kappa shape index (κ1) is 17.9. The highest BCUT2D eigenvalue weighted by molar-refractivity contribution is 5.19. The van der Waals surface area contributed by atoms with E-state index in [9.17, 15) is 17.6 Å². The summed E-state index contributed by atoms with van der Waals surface area (Å²) in [4.78, 5) is 0. The summed E-state index contributed by atoms with van der Waals surface area (Å²) in [5, 5.41) is 3.51. The minimum Gasteiger partial charge on any atom is -0.311 e. The Labute approximate surface area is 145 Å². The van der Waals surface area contributed by atoms with Crippen LogP contribution in [0.3, 0.4) is 0 Å². The zero-order chi connectivity index (χ0) is 17.8. The van der Waals surface area contributed by atoms with Gasteiger partial charge in [-0.25, -0.2) is 17.6 Å². The molecule has 3 rings (SSSR count). The van der Waals surface area contributed by atoms with E-state index in [1.165, 1.54) is 24.3 Å². The fourth-order valence-electron chi connectivity index (χ4n) is 3.55. The number of hydrogen-bond acceptors (Lipinski definition) is 1. The zero-order valence-corrected chi connectivity index (χ0v) is 13.9. The van der Waals surface area contributed by atoms with Gasteiger partial charge in [-0.1, -0.05) is 0 Å². The molecule has 1 fully saturated rings. The molecule has 1 N–H and O–H groups in total. The van der Waals surface area contributed by atoms with Crippen LogP contribution in [0.15, 0.2) is 36.4 Å². The Morgan fingerprint density at radius 1 is 0.640 bits per heavy atom. The molecule has 0 radical (unpaired) electrons. The second-order valence-electron chi connectivity index (χ2n) is 6.77. The predicted molar refractivity (Wildman–Crippen MR) is 89.3 cm³/mol. The molecule has 1 saturated heterocycles. The van der Waals surface area contributed by atoms with E-state index in [2.05, 4.69) is 5.32 Å². The number of benzene rings is 2. The lowest BCUT2D eigenvalue weighted by molar-refractivity contribution is 0.488. The highest BCUT2D eigenvalue weighted by Crippen LogP contribution is 2.21. The first-order chi connectivity index (χ1) is 12.0. The number of rotatable bonds is 6. The molecule has 2 aromatic carbocycles. The lowest BCUT2D eigenvalue weighted by Crippen LogP contribution is -2.30. The van der Waals surface area contributed by atoms with Gasteiger partial charge < -0.3 is 5.32 Å². The number of aryl methyl sites for hydroxylation is 2. The highest BCUT2D eigenvalue weighted by atomic mass is 19.1. The minimum absolute atomic E-state index is 0.306. The van der Waals surface area contributed by atoms with Gasteiger partial charge >= 0.3 is 0 Å². The van der Waals surface area contributed by atoms with Crippen molar-refractivity contribution >= 4 is 0 Å². The summed E-state index contributed by atoms with van der Waals surface area (Å²) in [6, 6.07) is 7.84. The van der Waals surface area contributed by atoms with Gasteiger partial charge in [-0.3, -0.25) is 0 Å². The Morgan fingerprint density at radius 2 is 1.00 bits per heavy atom. The summed E-state index contributed by atoms with van der Waals surface area (Å²) in [6.45, 7) is 0. The fourth-order valence-corrected chi connectivity index (χ4v) is 3.55. The largest absolute Gasteiger partial charge is 0.311 e. The number of hydrogen-bond donors (Lipinski definition) is 1. The quantitative estimate of drug-likeness (QED) is 0.728. The summed E-state index contributed by atoms with van der Waals surface area (Å²) in [5.74, 6) is -2.19. The van der Waals surface area contributed by atoms with Gasteiger partial charge in [0.25, 0.3) is 0 Å². The molecular weight excluding hydrogens is 330 g/mol. The molecule has 5 heteroatoms. The van der Waals surface area contributed by atoms with Crippen LogP contribution in [0.25, 0.3) is 0 Å². The summed E-state index contributed by atoms with van der Waals surface area (Å²) < 4.78 is 52.8. The maximum atomic E-state index is 13.2. The van der Waals surface area contributed by atoms with Crippen molar-refractivity contribution in [3.63, 3.8) is 0 Å². The van der Waals surface area contributed by atoms with Gasteiger partial charge in [0, 0.05) is 24.2 Å². The van der Waals surface area contributed by atoms with Crippen molar-refractivity contribution in [1.82, 2.24) is 5.32 Å². The van der Waals surface area contributed by atoms with E-state index in [4.69, 9.17) is 0 Å². The molecule has 25 heavy (non-hydrogen) atoms. The molecule has 1 aliphatic heterocycles. The SMILES string of the molecule is Fc1cc(F)cc(CC[C@@H]2CC[C@H](CCc3cc(F)cc(F)c3)N2)c1. The van der Waals surface area contributed by atoms with Crippen LogP contribution in [0.5, 0.6) is 0 Å². The van der Waals surface area contributed by atoms with Gasteiger partial charge in [-0.2, -0.15) is 0 Å². The smallest absolute Gasteiger partial charge is 0.126 e. The summed E-state index contributed by atoms with van der Waals surface area (Å²) in [6.07, 6.45) is 4.87. The minimum atomic E-state index is -0.547. The van der Waals surface area contributed by atoms with Crippen LogP contribution in [0.4, 0.5) is 17.6 Å². The van der Waals surface area contributed by atoms with E-state index < -0.39 is 23.3 Å². The van der Waals surface area contributed by atoms with Gasteiger partial charge in [0.05, 0.1) is 0 Å². The van der Waals surface area contributed by atoms with Crippen molar-refractivity contribution < 1.29 is 17.6 Å². The molecule has 0 saturated carbocycles. The Bertz CT molecular complexity index is 630. The maximum Gasteiger partial charge on any atom is 0.126 e. The lowest BCUT2D eigenvalue weighted by atomic mass is 10.0. The molecule has 2 atom stereocenters. The summed E-state index contributed by atoms with van der Waals surface area (Å²) >= 11 is 0. The molecule has 0 aromatic heterocycles. The van der Waals surface area contributed by atoms with Crippen molar-refractivity contribution in [3.8, 4) is 0 Å². The fraction of sp³-hybridized carbons (Fsp3) is 0.400.